The maximum absolute atomic E-state index is 12.2. The molecule has 3 rings (SSSR count). The molecule has 1 aromatic carbocycles. The lowest BCUT2D eigenvalue weighted by atomic mass is 10.2. The van der Waals surface area contributed by atoms with E-state index in [1.54, 1.807) is 18.5 Å². The minimum Gasteiger partial charge on any atom is -0.321 e. The van der Waals surface area contributed by atoms with Gasteiger partial charge in [-0.25, -0.2) is 9.97 Å². The monoisotopic (exact) mass is 328 g/mol. The normalized spacial score (nSPS) is 10.4. The lowest BCUT2D eigenvalue weighted by molar-refractivity contribution is 0.102. The zero-order valence-corrected chi connectivity index (χ0v) is 11.8. The number of halogens is 1. The van der Waals surface area contributed by atoms with E-state index in [-0.39, 0.29) is 5.91 Å². The minimum atomic E-state index is -0.239. The second kappa shape index (κ2) is 5.34. The fourth-order valence-electron chi connectivity index (χ4n) is 1.74. The molecule has 1 amide bonds. The highest BCUT2D eigenvalue weighted by Crippen LogP contribution is 2.22. The number of anilines is 1. The summed E-state index contributed by atoms with van der Waals surface area (Å²) in [7, 11) is 0. The summed E-state index contributed by atoms with van der Waals surface area (Å²) in [5, 5.41) is 2.82. The van der Waals surface area contributed by atoms with Crippen LogP contribution < -0.4 is 5.32 Å². The number of carbonyl (C=O) groups is 1. The van der Waals surface area contributed by atoms with Crippen LogP contribution in [0.25, 0.3) is 11.2 Å². The summed E-state index contributed by atoms with van der Waals surface area (Å²) < 4.78 is 0.821. The Labute approximate surface area is 123 Å². The van der Waals surface area contributed by atoms with E-state index in [0.717, 1.165) is 4.47 Å². The van der Waals surface area contributed by atoms with Crippen LogP contribution in [-0.4, -0.2) is 20.9 Å². The number of pyridine rings is 1. The Hall–Kier alpha value is -2.34. The number of aromatic nitrogens is 3. The van der Waals surface area contributed by atoms with Gasteiger partial charge < -0.3 is 5.32 Å². The highest BCUT2D eigenvalue weighted by atomic mass is 79.9. The van der Waals surface area contributed by atoms with Crippen molar-refractivity contribution in [3.8, 4) is 0 Å². The van der Waals surface area contributed by atoms with Gasteiger partial charge in [-0.15, -0.1) is 0 Å². The Morgan fingerprint density at radius 2 is 1.90 bits per heavy atom. The van der Waals surface area contributed by atoms with Crippen LogP contribution >= 0.6 is 15.9 Å². The van der Waals surface area contributed by atoms with E-state index in [1.807, 2.05) is 24.3 Å². The van der Waals surface area contributed by atoms with Crippen molar-refractivity contribution < 1.29 is 4.79 Å². The van der Waals surface area contributed by atoms with Crippen molar-refractivity contribution in [3.05, 3.63) is 59.0 Å². The fourth-order valence-corrected chi connectivity index (χ4v) is 2.12. The number of benzene rings is 1. The van der Waals surface area contributed by atoms with E-state index >= 15 is 0 Å². The quantitative estimate of drug-likeness (QED) is 0.785. The first-order valence-corrected chi connectivity index (χ1v) is 6.66. The number of fused-ring (bicyclic) bond motifs is 1. The van der Waals surface area contributed by atoms with Crippen molar-refractivity contribution in [2.75, 3.05) is 5.32 Å². The Morgan fingerprint density at radius 1 is 1.10 bits per heavy atom. The summed E-state index contributed by atoms with van der Waals surface area (Å²) >= 11 is 3.38. The van der Waals surface area contributed by atoms with Crippen LogP contribution in [0.2, 0.25) is 0 Å². The molecule has 2 aromatic heterocycles. The highest BCUT2D eigenvalue weighted by molar-refractivity contribution is 9.10. The fraction of sp³-hybridized carbons (Fsp3) is 0. The molecule has 0 unspecified atom stereocenters. The largest absolute Gasteiger partial charge is 0.321 e. The third-order valence-electron chi connectivity index (χ3n) is 2.71. The average Bonchev–Trinajstić information content (AvgIpc) is 2.49. The molecule has 5 nitrogen and oxygen atoms in total. The van der Waals surface area contributed by atoms with Gasteiger partial charge >= 0.3 is 0 Å². The van der Waals surface area contributed by atoms with Gasteiger partial charge in [-0.3, -0.25) is 9.78 Å². The van der Waals surface area contributed by atoms with E-state index in [4.69, 9.17) is 0 Å². The van der Waals surface area contributed by atoms with Crippen LogP contribution in [-0.2, 0) is 0 Å². The zero-order valence-electron chi connectivity index (χ0n) is 10.2. The summed E-state index contributed by atoms with van der Waals surface area (Å²) in [4.78, 5) is 24.5. The molecule has 0 radical (unpaired) electrons. The Bertz CT molecular complexity index is 791. The number of nitrogens with zero attached hydrogens (tertiary/aromatic N) is 3. The van der Waals surface area contributed by atoms with Gasteiger partial charge in [0.15, 0.2) is 5.65 Å². The molecule has 1 N–H and O–H groups in total. The molecule has 0 fully saturated rings. The SMILES string of the molecule is O=C(Nc1ccccc1Br)c1cnc2nccnc2c1. The van der Waals surface area contributed by atoms with Gasteiger partial charge in [-0.2, -0.15) is 0 Å². The summed E-state index contributed by atoms with van der Waals surface area (Å²) in [6, 6.07) is 9.08. The molecular formula is C14H9BrN4O. The third kappa shape index (κ3) is 2.50. The van der Waals surface area contributed by atoms with Crippen molar-refractivity contribution in [3.63, 3.8) is 0 Å². The number of para-hydroxylation sites is 1. The third-order valence-corrected chi connectivity index (χ3v) is 3.40. The maximum atomic E-state index is 12.2. The number of carbonyl (C=O) groups excluding carboxylic acids is 1. The standard InChI is InChI=1S/C14H9BrN4O/c15-10-3-1-2-4-11(10)19-14(20)9-7-12-13(18-8-9)17-6-5-16-12/h1-8H,(H,19,20). The van der Waals surface area contributed by atoms with Crippen molar-refractivity contribution in [2.45, 2.75) is 0 Å². The van der Waals surface area contributed by atoms with Crippen LogP contribution in [0.5, 0.6) is 0 Å². The predicted molar refractivity (Wildman–Crippen MR) is 79.4 cm³/mol. The van der Waals surface area contributed by atoms with E-state index < -0.39 is 0 Å². The van der Waals surface area contributed by atoms with E-state index in [9.17, 15) is 4.79 Å². The van der Waals surface area contributed by atoms with Crippen LogP contribution in [0.3, 0.4) is 0 Å². The maximum Gasteiger partial charge on any atom is 0.257 e. The van der Waals surface area contributed by atoms with E-state index in [1.165, 1.54) is 6.20 Å². The van der Waals surface area contributed by atoms with Crippen molar-refractivity contribution >= 4 is 38.7 Å². The molecule has 0 bridgehead atoms. The lowest BCUT2D eigenvalue weighted by Gasteiger charge is -2.07. The van der Waals surface area contributed by atoms with E-state index in [0.29, 0.717) is 22.4 Å². The van der Waals surface area contributed by atoms with Crippen molar-refractivity contribution in [1.82, 2.24) is 15.0 Å². The molecule has 98 valence electrons. The average molecular weight is 329 g/mol. The zero-order chi connectivity index (χ0) is 13.9. The van der Waals surface area contributed by atoms with Gasteiger partial charge in [0.2, 0.25) is 0 Å². The molecule has 3 aromatic rings. The number of nitrogens with one attached hydrogen (secondary N) is 1. The molecule has 0 aliphatic rings. The number of amides is 1. The second-order valence-corrected chi connectivity index (χ2v) is 4.91. The number of hydrogen-bond donors (Lipinski definition) is 1. The first-order valence-electron chi connectivity index (χ1n) is 5.87. The summed E-state index contributed by atoms with van der Waals surface area (Å²) in [6.45, 7) is 0. The van der Waals surface area contributed by atoms with Gasteiger partial charge in [-0.05, 0) is 34.1 Å². The van der Waals surface area contributed by atoms with Crippen molar-refractivity contribution in [2.24, 2.45) is 0 Å². The molecular weight excluding hydrogens is 320 g/mol. The van der Waals surface area contributed by atoms with Gasteiger partial charge in [-0.1, -0.05) is 12.1 Å². The van der Waals surface area contributed by atoms with Gasteiger partial charge in [0, 0.05) is 23.1 Å². The first kappa shape index (κ1) is 12.7. The minimum absolute atomic E-state index is 0.239. The number of hydrogen-bond acceptors (Lipinski definition) is 4. The van der Waals surface area contributed by atoms with Gasteiger partial charge in [0.25, 0.3) is 5.91 Å². The predicted octanol–water partition coefficient (Wildman–Crippen LogP) is 3.04. The molecule has 20 heavy (non-hydrogen) atoms. The summed E-state index contributed by atoms with van der Waals surface area (Å²) in [5.41, 5.74) is 2.25. The highest BCUT2D eigenvalue weighted by Gasteiger charge is 2.10. The Balaban J connectivity index is 1.91. The molecule has 0 aliphatic heterocycles. The number of rotatable bonds is 2. The van der Waals surface area contributed by atoms with Gasteiger partial charge in [0.05, 0.1) is 11.3 Å². The Morgan fingerprint density at radius 3 is 2.75 bits per heavy atom. The second-order valence-electron chi connectivity index (χ2n) is 4.06. The summed E-state index contributed by atoms with van der Waals surface area (Å²) in [5.74, 6) is -0.239. The van der Waals surface area contributed by atoms with Gasteiger partial charge in [0.1, 0.15) is 5.52 Å². The molecule has 0 saturated carbocycles. The topological polar surface area (TPSA) is 67.8 Å². The molecule has 6 heteroatoms. The van der Waals surface area contributed by atoms with Crippen molar-refractivity contribution in [1.29, 1.82) is 0 Å². The Kier molecular flexibility index (Phi) is 3.39. The smallest absolute Gasteiger partial charge is 0.257 e. The van der Waals surface area contributed by atoms with Crippen LogP contribution in [0.15, 0.2) is 53.4 Å². The lowest BCUT2D eigenvalue weighted by Crippen LogP contribution is -2.12. The molecule has 0 atom stereocenters. The first-order chi connectivity index (χ1) is 9.74. The summed E-state index contributed by atoms with van der Waals surface area (Å²) in [6.07, 6.45) is 4.62. The van der Waals surface area contributed by atoms with Crippen LogP contribution in [0.4, 0.5) is 5.69 Å². The molecule has 2 heterocycles. The molecule has 0 saturated heterocycles. The van der Waals surface area contributed by atoms with E-state index in [2.05, 4.69) is 36.2 Å². The van der Waals surface area contributed by atoms with Crippen LogP contribution in [0, 0.1) is 0 Å². The van der Waals surface area contributed by atoms with Crippen LogP contribution in [0.1, 0.15) is 10.4 Å². The molecule has 0 spiro atoms. The molecule has 0 aliphatic carbocycles.